The van der Waals surface area contributed by atoms with Crippen LogP contribution in [0.2, 0.25) is 5.02 Å². The van der Waals surface area contributed by atoms with Gasteiger partial charge in [0, 0.05) is 16.9 Å². The molecule has 0 aliphatic rings. The van der Waals surface area contributed by atoms with Crippen LogP contribution in [-0.2, 0) is 18.9 Å². The van der Waals surface area contributed by atoms with Crippen LogP contribution in [0.5, 0.6) is 0 Å². The molecule has 0 saturated carbocycles. The van der Waals surface area contributed by atoms with Gasteiger partial charge in [-0.25, -0.2) is 16.8 Å². The van der Waals surface area contributed by atoms with Crippen LogP contribution >= 0.6 is 22.3 Å². The Labute approximate surface area is 97.2 Å². The molecule has 0 aromatic heterocycles. The maximum absolute atomic E-state index is 11.1. The summed E-state index contributed by atoms with van der Waals surface area (Å²) in [7, 11) is -2.45. The first-order valence-electron chi connectivity index (χ1n) is 3.56. The molecule has 15 heavy (non-hydrogen) atoms. The summed E-state index contributed by atoms with van der Waals surface area (Å²) in [6.07, 6.45) is 0.959. The highest BCUT2D eigenvalue weighted by atomic mass is 35.7. The predicted octanol–water partition coefficient (Wildman–Crippen LogP) is 1.67. The van der Waals surface area contributed by atoms with Crippen molar-refractivity contribution in [2.24, 2.45) is 0 Å². The fourth-order valence-corrected chi connectivity index (χ4v) is 3.12. The predicted molar refractivity (Wildman–Crippen MR) is 57.6 cm³/mol. The number of hydrogen-bond acceptors (Lipinski definition) is 4. The molecule has 0 saturated heterocycles. The van der Waals surface area contributed by atoms with E-state index in [1.165, 1.54) is 12.1 Å². The normalized spacial score (nSPS) is 12.7. The molecule has 0 bridgehead atoms. The van der Waals surface area contributed by atoms with Crippen LogP contribution in [0.3, 0.4) is 0 Å². The highest BCUT2D eigenvalue weighted by Gasteiger charge is 2.18. The zero-order valence-corrected chi connectivity index (χ0v) is 10.6. The van der Waals surface area contributed by atoms with Crippen LogP contribution in [0.15, 0.2) is 28.0 Å². The molecule has 1 aromatic carbocycles. The van der Waals surface area contributed by atoms with Gasteiger partial charge in [-0.3, -0.25) is 0 Å². The van der Waals surface area contributed by atoms with Crippen LogP contribution in [-0.4, -0.2) is 23.1 Å². The smallest absolute Gasteiger partial charge is 0.224 e. The van der Waals surface area contributed by atoms with E-state index >= 15 is 0 Å². The maximum Gasteiger partial charge on any atom is 0.262 e. The van der Waals surface area contributed by atoms with Crippen molar-refractivity contribution in [2.75, 3.05) is 6.26 Å². The molecule has 1 aromatic rings. The summed E-state index contributed by atoms with van der Waals surface area (Å²) in [5.74, 6) is 0. The maximum atomic E-state index is 11.1. The van der Waals surface area contributed by atoms with Gasteiger partial charge in [-0.1, -0.05) is 11.6 Å². The van der Waals surface area contributed by atoms with Crippen LogP contribution in [0.1, 0.15) is 0 Å². The molecule has 0 spiro atoms. The molecule has 0 N–H and O–H groups in total. The number of halogens is 2. The molecule has 0 fully saturated rings. The van der Waals surface area contributed by atoms with E-state index in [2.05, 4.69) is 0 Å². The molecule has 1 rings (SSSR count). The lowest BCUT2D eigenvalue weighted by Crippen LogP contribution is -2.00. The SMILES string of the molecule is CS(=O)(=O)c1ccc(Cl)c(S(=O)(=O)Cl)c1. The molecule has 8 heteroatoms. The van der Waals surface area contributed by atoms with Crippen LogP contribution in [0, 0.1) is 0 Å². The number of rotatable bonds is 2. The van der Waals surface area contributed by atoms with E-state index in [-0.39, 0.29) is 9.92 Å². The lowest BCUT2D eigenvalue weighted by Gasteiger charge is -2.02. The molecule has 84 valence electrons. The zero-order valence-electron chi connectivity index (χ0n) is 7.44. The second-order valence-electron chi connectivity index (χ2n) is 2.80. The summed E-state index contributed by atoms with van der Waals surface area (Å²) in [5, 5.41) is -0.114. The Morgan fingerprint density at radius 1 is 1.13 bits per heavy atom. The largest absolute Gasteiger partial charge is 0.262 e. The summed E-state index contributed by atoms with van der Waals surface area (Å²) >= 11 is 5.57. The third-order valence-electron chi connectivity index (χ3n) is 1.59. The molecule has 0 amide bonds. The minimum atomic E-state index is -4.04. The quantitative estimate of drug-likeness (QED) is 0.777. The first kappa shape index (κ1) is 12.8. The Bertz CT molecular complexity index is 589. The highest BCUT2D eigenvalue weighted by molar-refractivity contribution is 8.13. The molecular weight excluding hydrogens is 283 g/mol. The first-order chi connectivity index (χ1) is 6.62. The van der Waals surface area contributed by atoms with Gasteiger partial charge in [-0.2, -0.15) is 0 Å². The lowest BCUT2D eigenvalue weighted by molar-refractivity contribution is 0.601. The monoisotopic (exact) mass is 288 g/mol. The van der Waals surface area contributed by atoms with E-state index < -0.39 is 23.8 Å². The average molecular weight is 289 g/mol. The average Bonchev–Trinajstić information content (AvgIpc) is 2.00. The van der Waals surface area contributed by atoms with Crippen LogP contribution in [0.25, 0.3) is 0 Å². The van der Waals surface area contributed by atoms with E-state index in [9.17, 15) is 16.8 Å². The van der Waals surface area contributed by atoms with Gasteiger partial charge in [0.25, 0.3) is 9.05 Å². The molecule has 0 aliphatic carbocycles. The topological polar surface area (TPSA) is 68.3 Å². The molecular formula is C7H6Cl2O4S2. The van der Waals surface area contributed by atoms with Crippen molar-refractivity contribution in [1.29, 1.82) is 0 Å². The second kappa shape index (κ2) is 3.93. The van der Waals surface area contributed by atoms with Crippen molar-refractivity contribution < 1.29 is 16.8 Å². The third kappa shape index (κ3) is 3.07. The zero-order chi connectivity index (χ0) is 11.9. The van der Waals surface area contributed by atoms with E-state index in [1.807, 2.05) is 0 Å². The van der Waals surface area contributed by atoms with Gasteiger partial charge in [0.15, 0.2) is 9.84 Å². The Hall–Kier alpha value is -0.300. The van der Waals surface area contributed by atoms with Gasteiger partial charge in [-0.05, 0) is 18.2 Å². The van der Waals surface area contributed by atoms with E-state index in [1.54, 1.807) is 0 Å². The Morgan fingerprint density at radius 3 is 2.07 bits per heavy atom. The van der Waals surface area contributed by atoms with E-state index in [4.69, 9.17) is 22.3 Å². The lowest BCUT2D eigenvalue weighted by atomic mass is 10.4. The highest BCUT2D eigenvalue weighted by Crippen LogP contribution is 2.27. The molecule has 4 nitrogen and oxygen atoms in total. The van der Waals surface area contributed by atoms with Crippen molar-refractivity contribution >= 4 is 41.2 Å². The molecule has 0 aliphatic heterocycles. The van der Waals surface area contributed by atoms with Gasteiger partial charge in [0.2, 0.25) is 0 Å². The Balaban J connectivity index is 3.57. The van der Waals surface area contributed by atoms with Crippen molar-refractivity contribution in [3.05, 3.63) is 23.2 Å². The number of sulfone groups is 1. The van der Waals surface area contributed by atoms with Gasteiger partial charge >= 0.3 is 0 Å². The summed E-state index contributed by atoms with van der Waals surface area (Å²) in [4.78, 5) is -0.556. The number of hydrogen-bond donors (Lipinski definition) is 0. The Kier molecular flexibility index (Phi) is 3.35. The van der Waals surface area contributed by atoms with Gasteiger partial charge in [0.05, 0.1) is 9.92 Å². The summed E-state index contributed by atoms with van der Waals surface area (Å²) in [6.45, 7) is 0. The van der Waals surface area contributed by atoms with E-state index in [0.29, 0.717) is 0 Å². The van der Waals surface area contributed by atoms with Crippen molar-refractivity contribution in [3.63, 3.8) is 0 Å². The van der Waals surface area contributed by atoms with Crippen LogP contribution < -0.4 is 0 Å². The standard InChI is InChI=1S/C7H6Cl2O4S2/c1-14(10,11)5-2-3-6(8)7(4-5)15(9,12)13/h2-4H,1H3. The van der Waals surface area contributed by atoms with Gasteiger partial charge < -0.3 is 0 Å². The second-order valence-corrected chi connectivity index (χ2v) is 7.76. The molecule has 0 atom stereocenters. The third-order valence-corrected chi connectivity index (χ3v) is 4.51. The molecule has 0 unspecified atom stereocenters. The minimum Gasteiger partial charge on any atom is -0.224 e. The van der Waals surface area contributed by atoms with E-state index in [0.717, 1.165) is 12.3 Å². The molecule has 0 radical (unpaired) electrons. The van der Waals surface area contributed by atoms with Crippen LogP contribution in [0.4, 0.5) is 0 Å². The minimum absolute atomic E-state index is 0.114. The number of benzene rings is 1. The van der Waals surface area contributed by atoms with Crippen molar-refractivity contribution in [3.8, 4) is 0 Å². The fourth-order valence-electron chi connectivity index (χ4n) is 0.901. The van der Waals surface area contributed by atoms with Gasteiger partial charge in [-0.15, -0.1) is 0 Å². The summed E-state index contributed by atoms with van der Waals surface area (Å²) in [5.41, 5.74) is 0. The summed E-state index contributed by atoms with van der Waals surface area (Å²) < 4.78 is 44.3. The van der Waals surface area contributed by atoms with Crippen molar-refractivity contribution in [1.82, 2.24) is 0 Å². The summed E-state index contributed by atoms with van der Waals surface area (Å²) in [6, 6.07) is 3.32. The van der Waals surface area contributed by atoms with Gasteiger partial charge in [0.1, 0.15) is 4.90 Å². The molecule has 0 heterocycles. The van der Waals surface area contributed by atoms with Crippen molar-refractivity contribution in [2.45, 2.75) is 9.79 Å². The first-order valence-corrected chi connectivity index (χ1v) is 8.14. The fraction of sp³-hybridized carbons (Fsp3) is 0.143. The Morgan fingerprint density at radius 2 is 1.67 bits per heavy atom.